The predicted octanol–water partition coefficient (Wildman–Crippen LogP) is 3.97. The summed E-state index contributed by atoms with van der Waals surface area (Å²) >= 11 is 3.36. The first-order valence-electron chi connectivity index (χ1n) is 8.38. The van der Waals surface area contributed by atoms with Gasteiger partial charge in [-0.25, -0.2) is 0 Å². The van der Waals surface area contributed by atoms with E-state index in [-0.39, 0.29) is 24.7 Å². The molecule has 1 heterocycles. The maximum absolute atomic E-state index is 12.1. The van der Waals surface area contributed by atoms with E-state index in [2.05, 4.69) is 53.0 Å². The van der Waals surface area contributed by atoms with Gasteiger partial charge in [0.05, 0.1) is 12.1 Å². The summed E-state index contributed by atoms with van der Waals surface area (Å²) in [6.45, 7) is 4.62. The van der Waals surface area contributed by atoms with E-state index in [0.29, 0.717) is 11.3 Å². The van der Waals surface area contributed by atoms with Crippen LogP contribution >= 0.6 is 15.9 Å². The Morgan fingerprint density at radius 2 is 2.04 bits per heavy atom. The van der Waals surface area contributed by atoms with Crippen molar-refractivity contribution in [2.45, 2.75) is 25.9 Å². The van der Waals surface area contributed by atoms with Crippen molar-refractivity contribution >= 4 is 21.8 Å². The van der Waals surface area contributed by atoms with E-state index in [4.69, 9.17) is 9.47 Å². The Morgan fingerprint density at radius 1 is 1.23 bits per heavy atom. The zero-order chi connectivity index (χ0) is 18.6. The number of ether oxygens (including phenoxy) is 2. The van der Waals surface area contributed by atoms with Gasteiger partial charge in [-0.15, -0.1) is 0 Å². The Labute approximate surface area is 162 Å². The maximum Gasteiger partial charge on any atom is 0.253 e. The summed E-state index contributed by atoms with van der Waals surface area (Å²) in [5.74, 6) is 7.16. The molecule has 0 aromatic heterocycles. The van der Waals surface area contributed by atoms with Gasteiger partial charge in [0, 0.05) is 16.5 Å². The minimum absolute atomic E-state index is 0.163. The summed E-state index contributed by atoms with van der Waals surface area (Å²) in [6.07, 6.45) is 0.867. The molecule has 4 nitrogen and oxygen atoms in total. The molecule has 0 bridgehead atoms. The number of amides is 1. The molecule has 1 N–H and O–H groups in total. The average molecular weight is 414 g/mol. The molecule has 0 fully saturated rings. The summed E-state index contributed by atoms with van der Waals surface area (Å²) < 4.78 is 12.5. The zero-order valence-corrected chi connectivity index (χ0v) is 16.4. The van der Waals surface area contributed by atoms with Crippen LogP contribution in [0.1, 0.15) is 29.8 Å². The minimum atomic E-state index is -0.205. The predicted molar refractivity (Wildman–Crippen MR) is 105 cm³/mol. The summed E-state index contributed by atoms with van der Waals surface area (Å²) in [7, 11) is 0. The molecule has 0 spiro atoms. The van der Waals surface area contributed by atoms with Crippen LogP contribution < -0.4 is 14.8 Å². The highest BCUT2D eigenvalue weighted by atomic mass is 79.9. The smallest absolute Gasteiger partial charge is 0.253 e. The zero-order valence-electron chi connectivity index (χ0n) is 14.8. The molecule has 0 saturated heterocycles. The van der Waals surface area contributed by atoms with E-state index < -0.39 is 0 Å². The molecule has 0 saturated carbocycles. The number of nitrogens with one attached hydrogen (secondary N) is 1. The standard InChI is InChI=1S/C21H20BrNO3/c1-21(2)14-15-8-7-11-18(19(15)26-21)25-13-6-5-12-23-20(24)16-9-3-4-10-17(16)22/h3-4,7-11H,12-14H2,1-2H3,(H,23,24). The number of carbonyl (C=O) groups is 1. The number of carbonyl (C=O) groups excluding carboxylic acids is 1. The van der Waals surface area contributed by atoms with Gasteiger partial charge in [0.25, 0.3) is 5.91 Å². The van der Waals surface area contributed by atoms with E-state index >= 15 is 0 Å². The van der Waals surface area contributed by atoms with E-state index in [9.17, 15) is 4.79 Å². The van der Waals surface area contributed by atoms with Crippen LogP contribution in [-0.2, 0) is 6.42 Å². The van der Waals surface area contributed by atoms with Gasteiger partial charge in [0.1, 0.15) is 12.2 Å². The van der Waals surface area contributed by atoms with Crippen molar-refractivity contribution in [2.24, 2.45) is 0 Å². The fraction of sp³-hybridized carbons (Fsp3) is 0.286. The molecule has 1 aliphatic rings. The molecule has 2 aromatic carbocycles. The topological polar surface area (TPSA) is 47.6 Å². The Morgan fingerprint density at radius 3 is 2.85 bits per heavy atom. The fourth-order valence-corrected chi connectivity index (χ4v) is 3.26. The summed E-state index contributed by atoms with van der Waals surface area (Å²) in [5, 5.41) is 2.77. The number of hydrogen-bond acceptors (Lipinski definition) is 3. The molecule has 2 aromatic rings. The highest BCUT2D eigenvalue weighted by molar-refractivity contribution is 9.10. The van der Waals surface area contributed by atoms with Crippen LogP contribution in [0.3, 0.4) is 0 Å². The van der Waals surface area contributed by atoms with Crippen LogP contribution in [0.5, 0.6) is 11.5 Å². The third kappa shape index (κ3) is 4.39. The second kappa shape index (κ2) is 7.84. The lowest BCUT2D eigenvalue weighted by Gasteiger charge is -2.17. The first-order chi connectivity index (χ1) is 12.5. The third-order valence-corrected chi connectivity index (χ3v) is 4.63. The van der Waals surface area contributed by atoms with Gasteiger partial charge in [-0.2, -0.15) is 0 Å². The molecule has 134 valence electrons. The van der Waals surface area contributed by atoms with E-state index in [1.54, 1.807) is 6.07 Å². The third-order valence-electron chi connectivity index (χ3n) is 3.94. The van der Waals surface area contributed by atoms with Crippen molar-refractivity contribution in [1.29, 1.82) is 0 Å². The van der Waals surface area contributed by atoms with Crippen LogP contribution in [-0.4, -0.2) is 24.7 Å². The van der Waals surface area contributed by atoms with E-state index in [1.165, 1.54) is 0 Å². The van der Waals surface area contributed by atoms with Crippen molar-refractivity contribution in [3.63, 3.8) is 0 Å². The molecule has 0 aliphatic carbocycles. The van der Waals surface area contributed by atoms with Crippen molar-refractivity contribution < 1.29 is 14.3 Å². The van der Waals surface area contributed by atoms with Crippen LogP contribution in [0.25, 0.3) is 0 Å². The van der Waals surface area contributed by atoms with Crippen LogP contribution in [0.2, 0.25) is 0 Å². The maximum atomic E-state index is 12.1. The Balaban J connectivity index is 1.50. The molecule has 1 amide bonds. The van der Waals surface area contributed by atoms with Gasteiger partial charge in [-0.3, -0.25) is 4.79 Å². The van der Waals surface area contributed by atoms with E-state index in [0.717, 1.165) is 22.2 Å². The van der Waals surface area contributed by atoms with Crippen molar-refractivity contribution in [2.75, 3.05) is 13.2 Å². The van der Waals surface area contributed by atoms with Gasteiger partial charge in [-0.1, -0.05) is 36.1 Å². The number of rotatable bonds is 4. The second-order valence-corrected chi connectivity index (χ2v) is 7.44. The Bertz CT molecular complexity index is 880. The number of benzene rings is 2. The quantitative estimate of drug-likeness (QED) is 0.771. The average Bonchev–Trinajstić information content (AvgIpc) is 2.92. The molecule has 0 unspecified atom stereocenters. The molecule has 0 radical (unpaired) electrons. The van der Waals surface area contributed by atoms with Gasteiger partial charge >= 0.3 is 0 Å². The molecular weight excluding hydrogens is 394 g/mol. The second-order valence-electron chi connectivity index (χ2n) is 6.59. The van der Waals surface area contributed by atoms with E-state index in [1.807, 2.05) is 30.3 Å². The SMILES string of the molecule is CC1(C)Cc2cccc(OCC#CCNC(=O)c3ccccc3Br)c2O1. The lowest BCUT2D eigenvalue weighted by Crippen LogP contribution is -2.24. The number of hydrogen-bond donors (Lipinski definition) is 1. The van der Waals surface area contributed by atoms with Gasteiger partial charge < -0.3 is 14.8 Å². The van der Waals surface area contributed by atoms with Crippen LogP contribution in [0.15, 0.2) is 46.9 Å². The van der Waals surface area contributed by atoms with Gasteiger partial charge in [0.2, 0.25) is 0 Å². The minimum Gasteiger partial charge on any atom is -0.483 e. The summed E-state index contributed by atoms with van der Waals surface area (Å²) in [5.41, 5.74) is 1.54. The number of halogens is 1. The first-order valence-corrected chi connectivity index (χ1v) is 9.18. The largest absolute Gasteiger partial charge is 0.483 e. The normalized spacial score (nSPS) is 13.8. The van der Waals surface area contributed by atoms with Crippen molar-refractivity contribution in [3.05, 3.63) is 58.1 Å². The molecule has 26 heavy (non-hydrogen) atoms. The molecule has 0 atom stereocenters. The molecule has 5 heteroatoms. The lowest BCUT2D eigenvalue weighted by atomic mass is 10.0. The number of fused-ring (bicyclic) bond motifs is 1. The Hall–Kier alpha value is -2.45. The highest BCUT2D eigenvalue weighted by Crippen LogP contribution is 2.41. The van der Waals surface area contributed by atoms with Crippen LogP contribution in [0.4, 0.5) is 0 Å². The van der Waals surface area contributed by atoms with Gasteiger partial charge in [0.15, 0.2) is 11.5 Å². The molecule has 1 aliphatic heterocycles. The fourth-order valence-electron chi connectivity index (χ4n) is 2.79. The monoisotopic (exact) mass is 413 g/mol. The first kappa shape index (κ1) is 18.3. The van der Waals surface area contributed by atoms with Crippen molar-refractivity contribution in [3.8, 4) is 23.3 Å². The lowest BCUT2D eigenvalue weighted by molar-refractivity contribution is 0.0958. The van der Waals surface area contributed by atoms with Gasteiger partial charge in [-0.05, 0) is 48.0 Å². The summed E-state index contributed by atoms with van der Waals surface area (Å²) in [6, 6.07) is 13.2. The Kier molecular flexibility index (Phi) is 5.53. The highest BCUT2D eigenvalue weighted by Gasteiger charge is 2.32. The molecular formula is C21H20BrNO3. The molecule has 3 rings (SSSR count). The number of para-hydroxylation sites is 1. The van der Waals surface area contributed by atoms with Crippen LogP contribution in [0, 0.1) is 11.8 Å². The van der Waals surface area contributed by atoms with Crippen molar-refractivity contribution in [1.82, 2.24) is 5.32 Å². The summed E-state index contributed by atoms with van der Waals surface area (Å²) in [4.78, 5) is 12.1.